The first kappa shape index (κ1) is 13.3. The number of benzene rings is 2. The number of anilines is 2. The Morgan fingerprint density at radius 3 is 1.64 bits per heavy atom. The Morgan fingerprint density at radius 2 is 1.14 bits per heavy atom. The van der Waals surface area contributed by atoms with Crippen LogP contribution < -0.4 is 10.6 Å². The van der Waals surface area contributed by atoms with Gasteiger partial charge in [0.15, 0.2) is 0 Å². The van der Waals surface area contributed by atoms with Crippen molar-refractivity contribution in [2.45, 2.75) is 38.0 Å². The number of nitrogens with zero attached hydrogens (tertiary/aromatic N) is 2. The molecule has 0 fully saturated rings. The lowest BCUT2D eigenvalue weighted by Crippen LogP contribution is -2.26. The third-order valence-electron chi connectivity index (χ3n) is 4.40. The summed E-state index contributed by atoms with van der Waals surface area (Å²) < 4.78 is 0. The van der Waals surface area contributed by atoms with Crippen molar-refractivity contribution in [2.24, 2.45) is 10.2 Å². The van der Waals surface area contributed by atoms with E-state index in [1.807, 2.05) is 0 Å². The van der Waals surface area contributed by atoms with Crippen LogP contribution in [0.3, 0.4) is 0 Å². The van der Waals surface area contributed by atoms with E-state index in [1.54, 1.807) is 0 Å². The molecule has 0 spiro atoms. The van der Waals surface area contributed by atoms with Gasteiger partial charge in [-0.3, -0.25) is 0 Å². The highest BCUT2D eigenvalue weighted by atomic mass is 15.3. The van der Waals surface area contributed by atoms with Crippen molar-refractivity contribution >= 4 is 11.4 Å². The lowest BCUT2D eigenvalue weighted by molar-refractivity contribution is 0.562. The van der Waals surface area contributed by atoms with Crippen LogP contribution >= 0.6 is 0 Å². The fraction of sp³-hybridized carbons (Fsp3) is 0.333. The third-order valence-corrected chi connectivity index (χ3v) is 4.40. The van der Waals surface area contributed by atoms with Crippen LogP contribution in [0.5, 0.6) is 0 Å². The molecule has 2 aliphatic heterocycles. The summed E-state index contributed by atoms with van der Waals surface area (Å²) in [7, 11) is 0. The molecule has 2 aromatic carbocycles. The molecular weight excluding hydrogens is 272 g/mol. The molecule has 4 nitrogen and oxygen atoms in total. The van der Waals surface area contributed by atoms with E-state index >= 15 is 0 Å². The van der Waals surface area contributed by atoms with Gasteiger partial charge < -0.3 is 10.6 Å². The van der Waals surface area contributed by atoms with Crippen molar-refractivity contribution in [1.82, 2.24) is 0 Å². The summed E-state index contributed by atoms with van der Waals surface area (Å²) in [6, 6.07) is 16.9. The SMILES string of the molecule is c1ccc2c(c1)CCC(/N=N/C1CCc3ccccc3N1)N2. The molecule has 2 aromatic rings. The van der Waals surface area contributed by atoms with Gasteiger partial charge in [0, 0.05) is 11.4 Å². The number of hydrogen-bond acceptors (Lipinski definition) is 4. The second-order valence-electron chi connectivity index (χ2n) is 5.94. The molecule has 0 saturated heterocycles. The van der Waals surface area contributed by atoms with E-state index in [2.05, 4.69) is 69.4 Å². The van der Waals surface area contributed by atoms with Crippen LogP contribution in [0.4, 0.5) is 11.4 Å². The van der Waals surface area contributed by atoms with Crippen molar-refractivity contribution < 1.29 is 0 Å². The normalized spacial score (nSPS) is 23.3. The zero-order chi connectivity index (χ0) is 14.8. The Morgan fingerprint density at radius 1 is 0.682 bits per heavy atom. The van der Waals surface area contributed by atoms with Crippen molar-refractivity contribution in [3.8, 4) is 0 Å². The maximum Gasteiger partial charge on any atom is 0.140 e. The molecule has 0 aromatic heterocycles. The Kier molecular flexibility index (Phi) is 3.51. The van der Waals surface area contributed by atoms with E-state index in [4.69, 9.17) is 0 Å². The van der Waals surface area contributed by atoms with Gasteiger partial charge >= 0.3 is 0 Å². The standard InChI is InChI=1S/C18H20N4/c1-3-7-15-13(5-1)9-11-17(19-15)21-22-18-12-10-14-6-2-4-8-16(14)20-18/h1-8,17-20H,9-12H2/b22-21+. The fourth-order valence-corrected chi connectivity index (χ4v) is 3.18. The van der Waals surface area contributed by atoms with Gasteiger partial charge in [0.05, 0.1) is 0 Å². The predicted octanol–water partition coefficient (Wildman–Crippen LogP) is 4.21. The van der Waals surface area contributed by atoms with E-state index in [1.165, 1.54) is 22.5 Å². The molecule has 2 atom stereocenters. The Hall–Kier alpha value is -2.36. The molecule has 0 bridgehead atoms. The van der Waals surface area contributed by atoms with Crippen molar-refractivity contribution in [3.63, 3.8) is 0 Å². The molecule has 2 N–H and O–H groups in total. The Labute approximate surface area is 130 Å². The maximum atomic E-state index is 4.53. The van der Waals surface area contributed by atoms with E-state index in [0.29, 0.717) is 0 Å². The largest absolute Gasteiger partial charge is 0.362 e. The highest BCUT2D eigenvalue weighted by Crippen LogP contribution is 2.27. The van der Waals surface area contributed by atoms with Gasteiger partial charge in [0.1, 0.15) is 12.3 Å². The molecule has 0 amide bonds. The van der Waals surface area contributed by atoms with Crippen LogP contribution in [0.2, 0.25) is 0 Å². The van der Waals surface area contributed by atoms with E-state index in [-0.39, 0.29) is 12.3 Å². The minimum atomic E-state index is 0.0915. The summed E-state index contributed by atoms with van der Waals surface area (Å²) in [6.45, 7) is 0. The lowest BCUT2D eigenvalue weighted by Gasteiger charge is -2.26. The fourth-order valence-electron chi connectivity index (χ4n) is 3.18. The van der Waals surface area contributed by atoms with E-state index < -0.39 is 0 Å². The molecule has 0 aliphatic carbocycles. The molecule has 4 heteroatoms. The molecule has 2 aliphatic rings. The average Bonchev–Trinajstić information content (AvgIpc) is 2.59. The summed E-state index contributed by atoms with van der Waals surface area (Å²) in [4.78, 5) is 0. The minimum absolute atomic E-state index is 0.0915. The van der Waals surface area contributed by atoms with Crippen LogP contribution in [-0.2, 0) is 12.8 Å². The van der Waals surface area contributed by atoms with Gasteiger partial charge in [-0.05, 0) is 48.9 Å². The van der Waals surface area contributed by atoms with E-state index in [0.717, 1.165) is 25.7 Å². The third kappa shape index (κ3) is 2.69. The Balaban J connectivity index is 1.41. The maximum absolute atomic E-state index is 4.53. The number of rotatable bonds is 2. The van der Waals surface area contributed by atoms with Crippen molar-refractivity contribution in [1.29, 1.82) is 0 Å². The number of nitrogens with one attached hydrogen (secondary N) is 2. The highest BCUT2D eigenvalue weighted by Gasteiger charge is 2.19. The van der Waals surface area contributed by atoms with Gasteiger partial charge in [-0.1, -0.05) is 36.4 Å². The van der Waals surface area contributed by atoms with Gasteiger partial charge in [-0.15, -0.1) is 0 Å². The smallest absolute Gasteiger partial charge is 0.140 e. The van der Waals surface area contributed by atoms with Crippen LogP contribution in [0.25, 0.3) is 0 Å². The second-order valence-corrected chi connectivity index (χ2v) is 5.94. The van der Waals surface area contributed by atoms with Gasteiger partial charge in [-0.2, -0.15) is 10.2 Å². The minimum Gasteiger partial charge on any atom is -0.362 e. The molecular formula is C18H20N4. The van der Waals surface area contributed by atoms with E-state index in [9.17, 15) is 0 Å². The monoisotopic (exact) mass is 292 g/mol. The first-order valence-corrected chi connectivity index (χ1v) is 7.97. The molecule has 2 heterocycles. The Bertz CT molecular complexity index is 635. The molecule has 4 rings (SSSR count). The van der Waals surface area contributed by atoms with Gasteiger partial charge in [-0.25, -0.2) is 0 Å². The first-order chi connectivity index (χ1) is 10.9. The molecule has 0 radical (unpaired) electrons. The number of fused-ring (bicyclic) bond motifs is 2. The molecule has 112 valence electrons. The summed E-state index contributed by atoms with van der Waals surface area (Å²) in [6.07, 6.45) is 4.32. The second kappa shape index (κ2) is 5.79. The predicted molar refractivity (Wildman–Crippen MR) is 89.2 cm³/mol. The lowest BCUT2D eigenvalue weighted by atomic mass is 10.0. The van der Waals surface area contributed by atoms with Crippen molar-refractivity contribution in [3.05, 3.63) is 59.7 Å². The van der Waals surface area contributed by atoms with Crippen molar-refractivity contribution in [2.75, 3.05) is 10.6 Å². The van der Waals surface area contributed by atoms with Crippen LogP contribution in [0.1, 0.15) is 24.0 Å². The van der Waals surface area contributed by atoms with Crippen LogP contribution in [-0.4, -0.2) is 12.3 Å². The summed E-state index contributed by atoms with van der Waals surface area (Å²) in [5.41, 5.74) is 5.14. The quantitative estimate of drug-likeness (QED) is 0.815. The highest BCUT2D eigenvalue weighted by molar-refractivity contribution is 5.54. The number of para-hydroxylation sites is 2. The topological polar surface area (TPSA) is 48.8 Å². The molecule has 0 saturated carbocycles. The average molecular weight is 292 g/mol. The molecule has 2 unspecified atom stereocenters. The zero-order valence-electron chi connectivity index (χ0n) is 12.5. The number of azo groups is 1. The summed E-state index contributed by atoms with van der Waals surface area (Å²) in [5.74, 6) is 0. The number of hydrogen-bond donors (Lipinski definition) is 2. The van der Waals surface area contributed by atoms with Crippen LogP contribution in [0, 0.1) is 0 Å². The first-order valence-electron chi connectivity index (χ1n) is 7.97. The zero-order valence-corrected chi connectivity index (χ0v) is 12.5. The number of aryl methyl sites for hydroxylation is 2. The summed E-state index contributed by atoms with van der Waals surface area (Å²) in [5, 5.41) is 16.0. The molecule has 22 heavy (non-hydrogen) atoms. The summed E-state index contributed by atoms with van der Waals surface area (Å²) >= 11 is 0. The van der Waals surface area contributed by atoms with Gasteiger partial charge in [0.2, 0.25) is 0 Å². The van der Waals surface area contributed by atoms with Gasteiger partial charge in [0.25, 0.3) is 0 Å². The van der Waals surface area contributed by atoms with Crippen LogP contribution in [0.15, 0.2) is 58.8 Å².